The molecule has 1 aliphatic rings. The van der Waals surface area contributed by atoms with Gasteiger partial charge in [0.1, 0.15) is 15.9 Å². The Morgan fingerprint density at radius 1 is 1.68 bits per heavy atom. The quantitative estimate of drug-likeness (QED) is 0.829. The van der Waals surface area contributed by atoms with E-state index >= 15 is 0 Å². The van der Waals surface area contributed by atoms with Gasteiger partial charge in [-0.3, -0.25) is 4.79 Å². The molecule has 3 N–H and O–H groups in total. The van der Waals surface area contributed by atoms with Crippen molar-refractivity contribution in [2.75, 3.05) is 30.0 Å². The van der Waals surface area contributed by atoms with Crippen LogP contribution in [0.15, 0.2) is 4.90 Å². The fourth-order valence-electron chi connectivity index (χ4n) is 2.25. The molecule has 2 rings (SSSR count). The number of carbonyl (C=O) groups is 1. The van der Waals surface area contributed by atoms with Gasteiger partial charge in [0.05, 0.1) is 10.6 Å². The number of hydrogen-bond donors (Lipinski definition) is 2. The highest BCUT2D eigenvalue weighted by molar-refractivity contribution is 7.99. The van der Waals surface area contributed by atoms with Crippen LogP contribution in [0.1, 0.15) is 18.2 Å². The van der Waals surface area contributed by atoms with Gasteiger partial charge in [0.2, 0.25) is 5.91 Å². The van der Waals surface area contributed by atoms with Gasteiger partial charge in [0, 0.05) is 26.1 Å². The highest BCUT2D eigenvalue weighted by atomic mass is 32.2. The number of nitrogen functional groups attached to an aromatic ring is 1. The predicted molar refractivity (Wildman–Crippen MR) is 79.7 cm³/mol. The van der Waals surface area contributed by atoms with Crippen molar-refractivity contribution < 1.29 is 4.79 Å². The average molecular weight is 296 g/mol. The second kappa shape index (κ2) is 5.72. The largest absolute Gasteiger partial charge is 0.396 e. The molecule has 0 radical (unpaired) electrons. The lowest BCUT2D eigenvalue weighted by molar-refractivity contribution is -0.119. The summed E-state index contributed by atoms with van der Waals surface area (Å²) in [5.41, 5.74) is 6.56. The molecule has 1 amide bonds. The van der Waals surface area contributed by atoms with Gasteiger partial charge in [-0.1, -0.05) is 0 Å². The molecule has 0 bridgehead atoms. The Bertz CT molecular complexity index is 535. The molecule has 2 heterocycles. The first kappa shape index (κ1) is 14.0. The molecule has 19 heavy (non-hydrogen) atoms. The van der Waals surface area contributed by atoms with E-state index in [1.54, 1.807) is 11.8 Å². The Balaban J connectivity index is 2.20. The van der Waals surface area contributed by atoms with Crippen LogP contribution < -0.4 is 16.0 Å². The van der Waals surface area contributed by atoms with Crippen molar-refractivity contribution in [1.82, 2.24) is 5.32 Å². The number of nitriles is 1. The van der Waals surface area contributed by atoms with Crippen LogP contribution >= 0.6 is 23.1 Å². The van der Waals surface area contributed by atoms with Gasteiger partial charge in [0.15, 0.2) is 0 Å². The third kappa shape index (κ3) is 2.80. The van der Waals surface area contributed by atoms with E-state index in [9.17, 15) is 4.79 Å². The minimum atomic E-state index is 0.000322. The van der Waals surface area contributed by atoms with Gasteiger partial charge >= 0.3 is 0 Å². The van der Waals surface area contributed by atoms with Crippen LogP contribution in [0.25, 0.3) is 0 Å². The number of amides is 1. The van der Waals surface area contributed by atoms with E-state index in [0.29, 0.717) is 10.6 Å². The monoisotopic (exact) mass is 296 g/mol. The van der Waals surface area contributed by atoms with Crippen molar-refractivity contribution in [2.45, 2.75) is 24.3 Å². The van der Waals surface area contributed by atoms with Gasteiger partial charge in [-0.25, -0.2) is 0 Å². The molecule has 1 atom stereocenters. The Morgan fingerprint density at radius 3 is 3.00 bits per heavy atom. The lowest BCUT2D eigenvalue weighted by atomic mass is 10.3. The molecule has 0 saturated carbocycles. The summed E-state index contributed by atoms with van der Waals surface area (Å²) in [6.45, 7) is 3.19. The Kier molecular flexibility index (Phi) is 4.22. The molecular weight excluding hydrogens is 280 g/mol. The SMILES string of the molecule is CSc1c(N2CCC(NC(C)=O)C2)sc(C#N)c1N. The summed E-state index contributed by atoms with van der Waals surface area (Å²) in [7, 11) is 0. The Labute approximate surface area is 120 Å². The van der Waals surface area contributed by atoms with Crippen LogP contribution in [0.4, 0.5) is 10.7 Å². The minimum Gasteiger partial charge on any atom is -0.396 e. The Hall–Kier alpha value is -1.39. The predicted octanol–water partition coefficient (Wildman–Crippen LogP) is 1.64. The average Bonchev–Trinajstić information content (AvgIpc) is 2.92. The lowest BCUT2D eigenvalue weighted by Crippen LogP contribution is -2.35. The topological polar surface area (TPSA) is 82.2 Å². The number of carbonyl (C=O) groups excluding carboxylic acids is 1. The molecule has 0 aliphatic carbocycles. The van der Waals surface area contributed by atoms with Crippen LogP contribution in [0, 0.1) is 11.3 Å². The third-order valence-corrected chi connectivity index (χ3v) is 5.19. The van der Waals surface area contributed by atoms with Gasteiger partial charge in [-0.2, -0.15) is 5.26 Å². The number of nitrogens with two attached hydrogens (primary N) is 1. The fourth-order valence-corrected chi connectivity index (χ4v) is 4.27. The standard InChI is InChI=1S/C12H16N4OS2/c1-7(17)15-8-3-4-16(6-8)12-11(18-2)10(14)9(5-13)19-12/h8H,3-4,6,14H2,1-2H3,(H,15,17). The summed E-state index contributed by atoms with van der Waals surface area (Å²) in [6.07, 6.45) is 2.89. The maximum absolute atomic E-state index is 11.1. The normalized spacial score (nSPS) is 18.4. The second-order valence-corrected chi connectivity index (χ2v) is 6.24. The first-order chi connectivity index (χ1) is 9.06. The summed E-state index contributed by atoms with van der Waals surface area (Å²) in [5.74, 6) is 0.000322. The van der Waals surface area contributed by atoms with E-state index in [1.807, 2.05) is 6.26 Å². The fraction of sp³-hybridized carbons (Fsp3) is 0.500. The van der Waals surface area contributed by atoms with E-state index in [1.165, 1.54) is 18.3 Å². The van der Waals surface area contributed by atoms with Crippen molar-refractivity contribution in [3.05, 3.63) is 4.88 Å². The molecule has 5 nitrogen and oxygen atoms in total. The number of nitrogens with zero attached hydrogens (tertiary/aromatic N) is 2. The number of anilines is 2. The third-order valence-electron chi connectivity index (χ3n) is 3.07. The van der Waals surface area contributed by atoms with Crippen LogP contribution in [0.2, 0.25) is 0 Å². The molecule has 1 aliphatic heterocycles. The summed E-state index contributed by atoms with van der Waals surface area (Å²) in [4.78, 5) is 14.8. The molecule has 1 aromatic heterocycles. The molecule has 7 heteroatoms. The zero-order chi connectivity index (χ0) is 14.0. The van der Waals surface area contributed by atoms with E-state index < -0.39 is 0 Å². The van der Waals surface area contributed by atoms with Crippen LogP contribution in [0.5, 0.6) is 0 Å². The molecule has 102 valence electrons. The number of nitrogens with one attached hydrogen (secondary N) is 1. The zero-order valence-corrected chi connectivity index (χ0v) is 12.5. The van der Waals surface area contributed by atoms with E-state index in [-0.39, 0.29) is 11.9 Å². The summed E-state index contributed by atoms with van der Waals surface area (Å²) in [5, 5.41) is 13.0. The van der Waals surface area contributed by atoms with Crippen molar-refractivity contribution in [2.24, 2.45) is 0 Å². The molecule has 1 saturated heterocycles. The lowest BCUT2D eigenvalue weighted by Gasteiger charge is -2.18. The van der Waals surface area contributed by atoms with Gasteiger partial charge in [-0.05, 0) is 12.7 Å². The molecule has 1 fully saturated rings. The molecule has 0 spiro atoms. The van der Waals surface area contributed by atoms with Crippen molar-refractivity contribution in [3.8, 4) is 6.07 Å². The van der Waals surface area contributed by atoms with Crippen LogP contribution in [-0.2, 0) is 4.79 Å². The summed E-state index contributed by atoms with van der Waals surface area (Å²) in [6, 6.07) is 2.32. The number of rotatable bonds is 3. The van der Waals surface area contributed by atoms with Crippen molar-refractivity contribution >= 4 is 39.7 Å². The molecule has 1 aromatic rings. The smallest absolute Gasteiger partial charge is 0.217 e. The van der Waals surface area contributed by atoms with Gasteiger partial charge in [0.25, 0.3) is 0 Å². The summed E-state index contributed by atoms with van der Waals surface area (Å²) < 4.78 is 0. The molecular formula is C12H16N4OS2. The minimum absolute atomic E-state index is 0.000322. The van der Waals surface area contributed by atoms with Crippen LogP contribution in [-0.4, -0.2) is 31.3 Å². The van der Waals surface area contributed by atoms with E-state index in [4.69, 9.17) is 11.0 Å². The highest BCUT2D eigenvalue weighted by Crippen LogP contribution is 2.44. The number of thioether (sulfide) groups is 1. The number of thiophene rings is 1. The Morgan fingerprint density at radius 2 is 2.42 bits per heavy atom. The summed E-state index contributed by atoms with van der Waals surface area (Å²) >= 11 is 3.00. The van der Waals surface area contributed by atoms with Crippen molar-refractivity contribution in [1.29, 1.82) is 5.26 Å². The van der Waals surface area contributed by atoms with Crippen LogP contribution in [0.3, 0.4) is 0 Å². The molecule has 1 unspecified atom stereocenters. The van der Waals surface area contributed by atoms with Gasteiger partial charge < -0.3 is 16.0 Å². The first-order valence-corrected chi connectivity index (χ1v) is 7.99. The van der Waals surface area contributed by atoms with Gasteiger partial charge in [-0.15, -0.1) is 23.1 Å². The highest BCUT2D eigenvalue weighted by Gasteiger charge is 2.27. The zero-order valence-electron chi connectivity index (χ0n) is 10.9. The first-order valence-electron chi connectivity index (χ1n) is 5.95. The maximum Gasteiger partial charge on any atom is 0.217 e. The van der Waals surface area contributed by atoms with E-state index in [2.05, 4.69) is 16.3 Å². The number of hydrogen-bond acceptors (Lipinski definition) is 6. The van der Waals surface area contributed by atoms with Crippen molar-refractivity contribution in [3.63, 3.8) is 0 Å². The van der Waals surface area contributed by atoms with E-state index in [0.717, 1.165) is 29.4 Å². The maximum atomic E-state index is 11.1. The second-order valence-electron chi connectivity index (χ2n) is 4.43. The molecule has 0 aromatic carbocycles.